The van der Waals surface area contributed by atoms with Gasteiger partial charge in [-0.25, -0.2) is 0 Å². The lowest BCUT2D eigenvalue weighted by molar-refractivity contribution is 0.380. The predicted molar refractivity (Wildman–Crippen MR) is 85.4 cm³/mol. The van der Waals surface area contributed by atoms with Crippen LogP contribution in [0.2, 0.25) is 0 Å². The molecule has 1 aliphatic rings. The lowest BCUT2D eigenvalue weighted by atomic mass is 9.93. The third kappa shape index (κ3) is 4.29. The summed E-state index contributed by atoms with van der Waals surface area (Å²) in [5.74, 6) is 3.52. The molecule has 1 aromatic rings. The van der Waals surface area contributed by atoms with Crippen molar-refractivity contribution in [3.8, 4) is 0 Å². The highest BCUT2D eigenvalue weighted by Gasteiger charge is 2.24. The first-order valence-electron chi connectivity index (χ1n) is 6.85. The average molecular weight is 328 g/mol. The maximum atomic E-state index is 3.75. The van der Waals surface area contributed by atoms with Gasteiger partial charge in [0.05, 0.1) is 0 Å². The maximum Gasteiger partial charge on any atom is 0.0178 e. The van der Waals surface area contributed by atoms with Crippen LogP contribution in [0.1, 0.15) is 25.3 Å². The van der Waals surface area contributed by atoms with E-state index in [0.717, 1.165) is 18.9 Å². The Balaban J connectivity index is 1.99. The van der Waals surface area contributed by atoms with Crippen LogP contribution in [0.15, 0.2) is 28.7 Å². The van der Waals surface area contributed by atoms with Crippen molar-refractivity contribution in [1.29, 1.82) is 0 Å². The van der Waals surface area contributed by atoms with Crippen molar-refractivity contribution in [3.05, 3.63) is 34.3 Å². The van der Waals surface area contributed by atoms with Crippen molar-refractivity contribution in [2.45, 2.75) is 32.2 Å². The number of benzene rings is 1. The molecule has 1 fully saturated rings. The second-order valence-electron chi connectivity index (χ2n) is 5.02. The molecule has 1 N–H and O–H groups in total. The van der Waals surface area contributed by atoms with Gasteiger partial charge >= 0.3 is 0 Å². The zero-order chi connectivity index (χ0) is 12.8. The van der Waals surface area contributed by atoms with Crippen LogP contribution in [0.3, 0.4) is 0 Å². The van der Waals surface area contributed by atoms with E-state index in [4.69, 9.17) is 0 Å². The van der Waals surface area contributed by atoms with Crippen LogP contribution in [0.4, 0.5) is 0 Å². The molecule has 0 aromatic heterocycles. The Morgan fingerprint density at radius 1 is 1.50 bits per heavy atom. The van der Waals surface area contributed by atoms with Crippen molar-refractivity contribution >= 4 is 27.7 Å². The van der Waals surface area contributed by atoms with E-state index in [2.05, 4.69) is 64.2 Å². The van der Waals surface area contributed by atoms with Gasteiger partial charge in [0.1, 0.15) is 0 Å². The lowest BCUT2D eigenvalue weighted by Gasteiger charge is -2.24. The highest BCUT2D eigenvalue weighted by Crippen LogP contribution is 2.28. The topological polar surface area (TPSA) is 12.0 Å². The van der Waals surface area contributed by atoms with Crippen molar-refractivity contribution in [2.24, 2.45) is 5.92 Å². The van der Waals surface area contributed by atoms with Crippen molar-refractivity contribution in [2.75, 3.05) is 18.1 Å². The largest absolute Gasteiger partial charge is 0.313 e. The van der Waals surface area contributed by atoms with E-state index in [0.29, 0.717) is 6.04 Å². The number of hydrogen-bond donors (Lipinski definition) is 1. The van der Waals surface area contributed by atoms with Crippen molar-refractivity contribution in [3.63, 3.8) is 0 Å². The van der Waals surface area contributed by atoms with Gasteiger partial charge in [-0.05, 0) is 60.9 Å². The fraction of sp³-hybridized carbons (Fsp3) is 0.600. The molecular weight excluding hydrogens is 306 g/mol. The quantitative estimate of drug-likeness (QED) is 0.843. The second-order valence-corrected chi connectivity index (χ2v) is 7.08. The first-order chi connectivity index (χ1) is 8.79. The average Bonchev–Trinajstić information content (AvgIpc) is 2.88. The summed E-state index contributed by atoms with van der Waals surface area (Å²) < 4.78 is 1.19. The molecule has 1 aliphatic heterocycles. The lowest BCUT2D eigenvalue weighted by Crippen LogP contribution is -2.38. The van der Waals surface area contributed by atoms with Gasteiger partial charge in [0.2, 0.25) is 0 Å². The van der Waals surface area contributed by atoms with Gasteiger partial charge in [-0.1, -0.05) is 35.0 Å². The molecule has 2 unspecified atom stereocenters. The summed E-state index contributed by atoms with van der Waals surface area (Å²) in [7, 11) is 0. The van der Waals surface area contributed by atoms with Crippen LogP contribution >= 0.6 is 27.7 Å². The van der Waals surface area contributed by atoms with E-state index in [9.17, 15) is 0 Å². The predicted octanol–water partition coefficient (Wildman–Crippen LogP) is 4.11. The maximum absolute atomic E-state index is 3.75. The number of nitrogens with one attached hydrogen (secondary N) is 1. The van der Waals surface area contributed by atoms with Crippen LogP contribution in [0, 0.1) is 5.92 Å². The molecule has 0 aliphatic carbocycles. The minimum Gasteiger partial charge on any atom is -0.313 e. The van der Waals surface area contributed by atoms with Crippen LogP contribution in [-0.4, -0.2) is 24.1 Å². The van der Waals surface area contributed by atoms with E-state index < -0.39 is 0 Å². The summed E-state index contributed by atoms with van der Waals surface area (Å²) in [6.45, 7) is 3.38. The SMILES string of the molecule is CCCNC(Cc1cccc(Br)c1)C1CCSC1. The Bertz CT molecular complexity index is 363. The van der Waals surface area contributed by atoms with E-state index in [1.807, 2.05) is 0 Å². The molecule has 1 aromatic carbocycles. The molecule has 0 radical (unpaired) electrons. The van der Waals surface area contributed by atoms with Crippen LogP contribution in [0.25, 0.3) is 0 Å². The summed E-state index contributed by atoms with van der Waals surface area (Å²) in [6.07, 6.45) is 3.75. The highest BCUT2D eigenvalue weighted by molar-refractivity contribution is 9.10. The normalized spacial score (nSPS) is 21.1. The smallest absolute Gasteiger partial charge is 0.0178 e. The Morgan fingerprint density at radius 3 is 3.06 bits per heavy atom. The summed E-state index contributed by atoms with van der Waals surface area (Å²) in [4.78, 5) is 0. The third-order valence-corrected chi connectivity index (χ3v) is 5.22. The standard InChI is InChI=1S/C15H22BrNS/c1-2-7-17-15(13-6-8-18-11-13)10-12-4-3-5-14(16)9-12/h3-5,9,13,15,17H,2,6-8,10-11H2,1H3. The van der Waals surface area contributed by atoms with Gasteiger partial charge in [-0.3, -0.25) is 0 Å². The Kier molecular flexibility index (Phi) is 6.06. The number of rotatable bonds is 6. The molecule has 3 heteroatoms. The Labute approximate surface area is 123 Å². The number of hydrogen-bond acceptors (Lipinski definition) is 2. The number of thioether (sulfide) groups is 1. The van der Waals surface area contributed by atoms with Gasteiger partial charge in [-0.15, -0.1) is 0 Å². The molecule has 1 saturated heterocycles. The Morgan fingerprint density at radius 2 is 2.39 bits per heavy atom. The fourth-order valence-corrected chi connectivity index (χ4v) is 4.31. The number of halogens is 1. The minimum absolute atomic E-state index is 0.647. The summed E-state index contributed by atoms with van der Waals surface area (Å²) in [5, 5.41) is 3.75. The van der Waals surface area contributed by atoms with E-state index >= 15 is 0 Å². The molecule has 1 heterocycles. The Hall–Kier alpha value is 0.01000. The molecule has 0 amide bonds. The van der Waals surface area contributed by atoms with Crippen LogP contribution in [-0.2, 0) is 6.42 Å². The fourth-order valence-electron chi connectivity index (χ4n) is 2.52. The van der Waals surface area contributed by atoms with Gasteiger partial charge in [-0.2, -0.15) is 11.8 Å². The molecule has 18 heavy (non-hydrogen) atoms. The van der Waals surface area contributed by atoms with Gasteiger partial charge < -0.3 is 5.32 Å². The molecule has 0 spiro atoms. The van der Waals surface area contributed by atoms with E-state index in [1.54, 1.807) is 0 Å². The van der Waals surface area contributed by atoms with Crippen LogP contribution < -0.4 is 5.32 Å². The van der Waals surface area contributed by atoms with Crippen LogP contribution in [0.5, 0.6) is 0 Å². The first-order valence-corrected chi connectivity index (χ1v) is 8.80. The summed E-state index contributed by atoms with van der Waals surface area (Å²) in [6, 6.07) is 9.38. The third-order valence-electron chi connectivity index (χ3n) is 3.54. The molecule has 0 bridgehead atoms. The molecule has 2 rings (SSSR count). The first kappa shape index (κ1) is 14.4. The molecule has 1 nitrogen and oxygen atoms in total. The van der Waals surface area contributed by atoms with Crippen molar-refractivity contribution in [1.82, 2.24) is 5.32 Å². The second kappa shape index (κ2) is 7.56. The molecule has 2 atom stereocenters. The van der Waals surface area contributed by atoms with E-state index in [-0.39, 0.29) is 0 Å². The van der Waals surface area contributed by atoms with E-state index in [1.165, 1.54) is 34.4 Å². The summed E-state index contributed by atoms with van der Waals surface area (Å²) in [5.41, 5.74) is 1.44. The van der Waals surface area contributed by atoms with Gasteiger partial charge in [0.25, 0.3) is 0 Å². The van der Waals surface area contributed by atoms with Crippen molar-refractivity contribution < 1.29 is 0 Å². The monoisotopic (exact) mass is 327 g/mol. The molecular formula is C15H22BrNS. The summed E-state index contributed by atoms with van der Waals surface area (Å²) >= 11 is 5.67. The molecule has 100 valence electrons. The molecule has 0 saturated carbocycles. The highest BCUT2D eigenvalue weighted by atomic mass is 79.9. The van der Waals surface area contributed by atoms with Gasteiger partial charge in [0, 0.05) is 10.5 Å². The zero-order valence-electron chi connectivity index (χ0n) is 11.0. The zero-order valence-corrected chi connectivity index (χ0v) is 13.4. The van der Waals surface area contributed by atoms with Gasteiger partial charge in [0.15, 0.2) is 0 Å². The minimum atomic E-state index is 0.647.